The first kappa shape index (κ1) is 12.4. The van der Waals surface area contributed by atoms with E-state index in [1.165, 1.54) is 23.3 Å². The van der Waals surface area contributed by atoms with Crippen molar-refractivity contribution in [3.8, 4) is 0 Å². The number of nitrogens with zero attached hydrogens (tertiary/aromatic N) is 1. The lowest BCUT2D eigenvalue weighted by atomic mass is 9.99. The number of carbonyl (C=O) groups excluding carboxylic acids is 1. The molecule has 0 unspecified atom stereocenters. The maximum atomic E-state index is 12.2. The Morgan fingerprint density at radius 1 is 1.42 bits per heavy atom. The van der Waals surface area contributed by atoms with Gasteiger partial charge in [0, 0.05) is 16.6 Å². The summed E-state index contributed by atoms with van der Waals surface area (Å²) in [6.07, 6.45) is 5.60. The molecule has 19 heavy (non-hydrogen) atoms. The molecule has 1 amide bonds. The molecule has 0 fully saturated rings. The number of rotatable bonds is 3. The third-order valence-corrected chi connectivity index (χ3v) is 4.71. The van der Waals surface area contributed by atoms with E-state index in [0.717, 1.165) is 29.8 Å². The van der Waals surface area contributed by atoms with Crippen LogP contribution in [-0.4, -0.2) is 16.1 Å². The molecule has 0 saturated carbocycles. The number of H-pyrrole nitrogens is 1. The Balaban J connectivity index is 1.74. The quantitative estimate of drug-likeness (QED) is 0.904. The molecule has 2 N–H and O–H groups in total. The zero-order valence-corrected chi connectivity index (χ0v) is 11.8. The van der Waals surface area contributed by atoms with Gasteiger partial charge in [0.1, 0.15) is 0 Å². The first-order valence-electron chi connectivity index (χ1n) is 6.73. The fourth-order valence-electron chi connectivity index (χ4n) is 2.39. The molecule has 1 aliphatic carbocycles. The molecule has 0 saturated heterocycles. The zero-order chi connectivity index (χ0) is 13.2. The van der Waals surface area contributed by atoms with E-state index >= 15 is 0 Å². The van der Waals surface area contributed by atoms with Gasteiger partial charge in [0.15, 0.2) is 5.82 Å². The number of aromatic amines is 1. The van der Waals surface area contributed by atoms with Gasteiger partial charge in [0.05, 0.1) is 4.88 Å². The number of fused-ring (bicyclic) bond motifs is 1. The van der Waals surface area contributed by atoms with E-state index < -0.39 is 0 Å². The molecule has 0 aromatic carbocycles. The van der Waals surface area contributed by atoms with E-state index in [1.54, 1.807) is 11.3 Å². The highest BCUT2D eigenvalue weighted by Crippen LogP contribution is 2.30. The Labute approximate surface area is 116 Å². The van der Waals surface area contributed by atoms with Crippen molar-refractivity contribution in [2.45, 2.75) is 39.0 Å². The third-order valence-electron chi connectivity index (χ3n) is 3.47. The third kappa shape index (κ3) is 2.56. The molecular weight excluding hydrogens is 258 g/mol. The van der Waals surface area contributed by atoms with Crippen LogP contribution in [-0.2, 0) is 19.3 Å². The van der Waals surface area contributed by atoms with Gasteiger partial charge in [-0.2, -0.15) is 5.10 Å². The smallest absolute Gasteiger partial charge is 0.266 e. The minimum atomic E-state index is -0.0476. The summed E-state index contributed by atoms with van der Waals surface area (Å²) in [4.78, 5) is 14.4. The first-order valence-corrected chi connectivity index (χ1v) is 7.55. The van der Waals surface area contributed by atoms with E-state index in [2.05, 4.69) is 15.5 Å². The van der Waals surface area contributed by atoms with Crippen LogP contribution in [0.4, 0.5) is 5.82 Å². The molecule has 0 bridgehead atoms. The normalized spacial score (nSPS) is 14.2. The van der Waals surface area contributed by atoms with Crippen LogP contribution < -0.4 is 5.32 Å². The molecule has 2 heterocycles. The molecule has 0 aliphatic heterocycles. The van der Waals surface area contributed by atoms with Crippen LogP contribution in [0.2, 0.25) is 0 Å². The summed E-state index contributed by atoms with van der Waals surface area (Å²) < 4.78 is 0. The maximum Gasteiger partial charge on any atom is 0.266 e. The van der Waals surface area contributed by atoms with Crippen molar-refractivity contribution in [1.29, 1.82) is 0 Å². The molecule has 4 nitrogen and oxygen atoms in total. The van der Waals surface area contributed by atoms with Gasteiger partial charge in [0.2, 0.25) is 0 Å². The van der Waals surface area contributed by atoms with Gasteiger partial charge in [-0.05, 0) is 43.7 Å². The summed E-state index contributed by atoms with van der Waals surface area (Å²) >= 11 is 1.63. The maximum absolute atomic E-state index is 12.2. The number of aromatic nitrogens is 2. The summed E-state index contributed by atoms with van der Waals surface area (Å²) in [6, 6.07) is 3.92. The van der Waals surface area contributed by atoms with Crippen LogP contribution in [0.5, 0.6) is 0 Å². The minimum Gasteiger partial charge on any atom is -0.304 e. The van der Waals surface area contributed by atoms with Crippen LogP contribution in [0.25, 0.3) is 0 Å². The van der Waals surface area contributed by atoms with Gasteiger partial charge in [-0.25, -0.2) is 0 Å². The van der Waals surface area contributed by atoms with E-state index in [0.29, 0.717) is 5.82 Å². The molecule has 1 aliphatic rings. The Bertz CT molecular complexity index is 576. The lowest BCUT2D eigenvalue weighted by Crippen LogP contribution is -2.10. The SMILES string of the molecule is CCc1cc(NC(=O)c2cc3c(s2)CCCC3)n[nH]1. The monoisotopic (exact) mass is 275 g/mol. The second-order valence-electron chi connectivity index (χ2n) is 4.85. The Morgan fingerprint density at radius 2 is 2.26 bits per heavy atom. The van der Waals surface area contributed by atoms with Crippen molar-refractivity contribution in [3.05, 3.63) is 33.1 Å². The lowest BCUT2D eigenvalue weighted by molar-refractivity contribution is 0.103. The predicted molar refractivity (Wildman–Crippen MR) is 76.9 cm³/mol. The standard InChI is InChI=1S/C14H17N3OS/c1-2-10-8-13(17-16-10)15-14(18)12-7-9-5-3-4-6-11(9)19-12/h7-8H,2-6H2,1H3,(H2,15,16,17,18). The topological polar surface area (TPSA) is 57.8 Å². The van der Waals surface area contributed by atoms with Crippen molar-refractivity contribution in [2.24, 2.45) is 0 Å². The summed E-state index contributed by atoms with van der Waals surface area (Å²) in [5.41, 5.74) is 2.39. The number of hydrogen-bond acceptors (Lipinski definition) is 3. The average Bonchev–Trinajstić information content (AvgIpc) is 3.04. The van der Waals surface area contributed by atoms with Crippen LogP contribution in [0, 0.1) is 0 Å². The molecule has 5 heteroatoms. The minimum absolute atomic E-state index is 0.0476. The predicted octanol–water partition coefficient (Wildman–Crippen LogP) is 3.16. The van der Waals surface area contributed by atoms with Crippen molar-refractivity contribution in [3.63, 3.8) is 0 Å². The van der Waals surface area contributed by atoms with Crippen molar-refractivity contribution in [2.75, 3.05) is 5.32 Å². The first-order chi connectivity index (χ1) is 9.26. The van der Waals surface area contributed by atoms with E-state index in [9.17, 15) is 4.79 Å². The number of nitrogens with one attached hydrogen (secondary N) is 2. The highest BCUT2D eigenvalue weighted by atomic mass is 32.1. The molecule has 2 aromatic rings. The van der Waals surface area contributed by atoms with E-state index in [4.69, 9.17) is 0 Å². The van der Waals surface area contributed by atoms with Crippen molar-refractivity contribution >= 4 is 23.1 Å². The Hall–Kier alpha value is -1.62. The highest BCUT2D eigenvalue weighted by molar-refractivity contribution is 7.14. The summed E-state index contributed by atoms with van der Waals surface area (Å²) in [5, 5.41) is 9.83. The fourth-order valence-corrected chi connectivity index (χ4v) is 3.54. The number of aryl methyl sites for hydroxylation is 3. The number of thiophene rings is 1. The molecular formula is C14H17N3OS. The Kier molecular flexibility index (Phi) is 3.38. The van der Waals surface area contributed by atoms with Gasteiger partial charge in [0.25, 0.3) is 5.91 Å². The Morgan fingerprint density at radius 3 is 3.00 bits per heavy atom. The van der Waals surface area contributed by atoms with Crippen molar-refractivity contribution < 1.29 is 4.79 Å². The van der Waals surface area contributed by atoms with Gasteiger partial charge >= 0.3 is 0 Å². The average molecular weight is 275 g/mol. The number of hydrogen-bond donors (Lipinski definition) is 2. The molecule has 0 spiro atoms. The zero-order valence-electron chi connectivity index (χ0n) is 11.0. The largest absolute Gasteiger partial charge is 0.304 e. The van der Waals surface area contributed by atoms with Crippen LogP contribution in [0.3, 0.4) is 0 Å². The lowest BCUT2D eigenvalue weighted by Gasteiger charge is -2.08. The molecule has 3 rings (SSSR count). The van der Waals surface area contributed by atoms with Gasteiger partial charge in [-0.1, -0.05) is 6.92 Å². The van der Waals surface area contributed by atoms with Gasteiger partial charge in [-0.3, -0.25) is 9.89 Å². The van der Waals surface area contributed by atoms with Crippen LogP contribution in [0.15, 0.2) is 12.1 Å². The summed E-state index contributed by atoms with van der Waals surface area (Å²) in [5.74, 6) is 0.557. The second kappa shape index (κ2) is 5.17. The molecule has 0 radical (unpaired) electrons. The van der Waals surface area contributed by atoms with E-state index in [-0.39, 0.29) is 5.91 Å². The van der Waals surface area contributed by atoms with Crippen LogP contribution in [0.1, 0.15) is 45.6 Å². The highest BCUT2D eigenvalue weighted by Gasteiger charge is 2.17. The van der Waals surface area contributed by atoms with Gasteiger partial charge < -0.3 is 5.32 Å². The number of amides is 1. The molecule has 2 aromatic heterocycles. The molecule has 0 atom stereocenters. The summed E-state index contributed by atoms with van der Waals surface area (Å²) in [7, 11) is 0. The van der Waals surface area contributed by atoms with E-state index in [1.807, 2.05) is 19.1 Å². The number of anilines is 1. The number of carbonyl (C=O) groups is 1. The fraction of sp³-hybridized carbons (Fsp3) is 0.429. The molecule has 100 valence electrons. The van der Waals surface area contributed by atoms with Gasteiger partial charge in [-0.15, -0.1) is 11.3 Å². The van der Waals surface area contributed by atoms with Crippen LogP contribution >= 0.6 is 11.3 Å². The summed E-state index contributed by atoms with van der Waals surface area (Å²) in [6.45, 7) is 2.05. The van der Waals surface area contributed by atoms with Crippen molar-refractivity contribution in [1.82, 2.24) is 10.2 Å². The second-order valence-corrected chi connectivity index (χ2v) is 5.99.